The van der Waals surface area contributed by atoms with Crippen LogP contribution in [0.4, 0.5) is 0 Å². The molecule has 1 amide bonds. The van der Waals surface area contributed by atoms with Gasteiger partial charge in [0.2, 0.25) is 0 Å². The van der Waals surface area contributed by atoms with Gasteiger partial charge in [-0.05, 0) is 17.5 Å². The topological polar surface area (TPSA) is 68.5 Å². The van der Waals surface area contributed by atoms with E-state index in [1.165, 1.54) is 11.3 Å². The molecule has 2 aromatic heterocycles. The Morgan fingerprint density at radius 2 is 2.15 bits per heavy atom. The van der Waals surface area contributed by atoms with E-state index in [-0.39, 0.29) is 17.7 Å². The second-order valence-corrected chi connectivity index (χ2v) is 6.85. The number of ether oxygens (including phenoxy) is 1. The average molecular weight is 409 g/mol. The Kier molecular flexibility index (Phi) is 6.27. The highest BCUT2D eigenvalue weighted by atomic mass is 35.5. The molecule has 0 aliphatic rings. The van der Waals surface area contributed by atoms with E-state index < -0.39 is 0 Å². The first-order valence-electron chi connectivity index (χ1n) is 7.55. The summed E-state index contributed by atoms with van der Waals surface area (Å²) in [6.45, 7) is 0.268. The summed E-state index contributed by atoms with van der Waals surface area (Å²) < 4.78 is 7.30. The number of imidazole rings is 1. The van der Waals surface area contributed by atoms with E-state index in [1.807, 2.05) is 35.7 Å². The van der Waals surface area contributed by atoms with Crippen LogP contribution in [0, 0.1) is 0 Å². The van der Waals surface area contributed by atoms with Gasteiger partial charge in [-0.1, -0.05) is 47.5 Å². The van der Waals surface area contributed by atoms with E-state index in [9.17, 15) is 4.79 Å². The van der Waals surface area contributed by atoms with Crippen molar-refractivity contribution in [3.8, 4) is 5.75 Å². The number of carbonyl (C=O) groups is 1. The number of halogens is 2. The molecule has 26 heavy (non-hydrogen) atoms. The van der Waals surface area contributed by atoms with E-state index >= 15 is 0 Å². The molecule has 1 N–H and O–H groups in total. The molecule has 0 aliphatic heterocycles. The normalized spacial score (nSPS) is 11.0. The molecule has 0 atom stereocenters. The van der Waals surface area contributed by atoms with Crippen molar-refractivity contribution in [1.82, 2.24) is 15.0 Å². The fourth-order valence-corrected chi connectivity index (χ4v) is 3.01. The molecule has 0 bridgehead atoms. The Hall–Kier alpha value is -2.35. The molecule has 0 radical (unpaired) electrons. The van der Waals surface area contributed by atoms with E-state index in [1.54, 1.807) is 23.2 Å². The maximum atomic E-state index is 11.9. The summed E-state index contributed by atoms with van der Waals surface area (Å²) in [4.78, 5) is 16.8. The van der Waals surface area contributed by atoms with Crippen molar-refractivity contribution in [2.75, 3.05) is 6.61 Å². The minimum Gasteiger partial charge on any atom is -0.483 e. The first-order valence-corrected chi connectivity index (χ1v) is 9.19. The average Bonchev–Trinajstić information content (AvgIpc) is 3.26. The molecular weight excluding hydrogens is 395 g/mol. The Morgan fingerprint density at radius 3 is 2.88 bits per heavy atom. The predicted molar refractivity (Wildman–Crippen MR) is 103 cm³/mol. The summed E-state index contributed by atoms with van der Waals surface area (Å²) >= 11 is 13.5. The molecule has 2 heterocycles. The summed E-state index contributed by atoms with van der Waals surface area (Å²) in [5, 5.41) is 6.42. The summed E-state index contributed by atoms with van der Waals surface area (Å²) in [5.74, 6) is 0.224. The fourth-order valence-electron chi connectivity index (χ4n) is 2.12. The molecule has 0 spiro atoms. The molecular formula is C17H14Cl2N4O2S. The molecule has 0 unspecified atom stereocenters. The number of hydrogen-bond donors (Lipinski definition) is 1. The second kappa shape index (κ2) is 8.84. The van der Waals surface area contributed by atoms with E-state index in [0.717, 1.165) is 10.4 Å². The summed E-state index contributed by atoms with van der Waals surface area (Å²) in [6.07, 6.45) is 3.13. The highest BCUT2D eigenvalue weighted by Crippen LogP contribution is 2.24. The Bertz CT molecular complexity index is 909. The molecule has 3 aromatic rings. The van der Waals surface area contributed by atoms with Crippen molar-refractivity contribution in [3.05, 3.63) is 68.9 Å². The molecule has 0 aliphatic carbocycles. The molecule has 1 aromatic carbocycles. The van der Waals surface area contributed by atoms with Crippen LogP contribution < -0.4 is 10.2 Å². The smallest absolute Gasteiger partial charge is 0.277 e. The number of hydrogen-bond acceptors (Lipinski definition) is 5. The van der Waals surface area contributed by atoms with Gasteiger partial charge in [-0.15, -0.1) is 11.3 Å². The van der Waals surface area contributed by atoms with Crippen LogP contribution in [-0.4, -0.2) is 28.3 Å². The Labute approximate surface area is 164 Å². The van der Waals surface area contributed by atoms with Crippen LogP contribution in [-0.2, 0) is 11.3 Å². The van der Waals surface area contributed by atoms with Gasteiger partial charge < -0.3 is 9.30 Å². The van der Waals surface area contributed by atoms with Gasteiger partial charge in [0.05, 0.1) is 19.1 Å². The number of para-hydroxylation sites is 1. The van der Waals surface area contributed by atoms with Crippen molar-refractivity contribution >= 4 is 46.7 Å². The third-order valence-electron chi connectivity index (χ3n) is 3.33. The van der Waals surface area contributed by atoms with Crippen LogP contribution in [0.2, 0.25) is 10.3 Å². The zero-order valence-electron chi connectivity index (χ0n) is 13.4. The number of hydrazone groups is 1. The standard InChI is InChI=1S/C17H14Cl2N4O2S/c18-16-17(19)23(11-20-16)9-12-4-1-2-6-14(12)25-10-15(24)22-21-8-13-5-3-7-26-13/h1-8,11H,9-10H2,(H,22,24)/b21-8+. The van der Waals surface area contributed by atoms with Gasteiger partial charge in [-0.25, -0.2) is 10.4 Å². The monoisotopic (exact) mass is 408 g/mol. The maximum Gasteiger partial charge on any atom is 0.277 e. The SMILES string of the molecule is O=C(COc1ccccc1Cn1cnc(Cl)c1Cl)N/N=C/c1cccs1. The molecule has 0 fully saturated rings. The first-order chi connectivity index (χ1) is 12.6. The molecule has 9 heteroatoms. The minimum absolute atomic E-state index is 0.156. The molecule has 0 saturated heterocycles. The van der Waals surface area contributed by atoms with Crippen molar-refractivity contribution in [3.63, 3.8) is 0 Å². The second-order valence-electron chi connectivity index (χ2n) is 5.16. The lowest BCUT2D eigenvalue weighted by atomic mass is 10.2. The minimum atomic E-state index is -0.351. The predicted octanol–water partition coefficient (Wildman–Crippen LogP) is 3.83. The van der Waals surface area contributed by atoms with Gasteiger partial charge in [0.15, 0.2) is 11.8 Å². The van der Waals surface area contributed by atoms with Crippen molar-refractivity contribution in [2.24, 2.45) is 5.10 Å². The number of carbonyl (C=O) groups excluding carboxylic acids is 1. The van der Waals surface area contributed by atoms with E-state index in [0.29, 0.717) is 17.4 Å². The molecule has 3 rings (SSSR count). The fraction of sp³-hybridized carbons (Fsp3) is 0.118. The number of nitrogens with one attached hydrogen (secondary N) is 1. The zero-order chi connectivity index (χ0) is 18.4. The molecule has 134 valence electrons. The van der Waals surface area contributed by atoms with Gasteiger partial charge in [0.25, 0.3) is 5.91 Å². The van der Waals surface area contributed by atoms with Crippen molar-refractivity contribution < 1.29 is 9.53 Å². The zero-order valence-corrected chi connectivity index (χ0v) is 15.8. The van der Waals surface area contributed by atoms with Gasteiger partial charge in [0, 0.05) is 10.4 Å². The van der Waals surface area contributed by atoms with Crippen molar-refractivity contribution in [2.45, 2.75) is 6.54 Å². The van der Waals surface area contributed by atoms with Crippen LogP contribution >= 0.6 is 34.5 Å². The lowest BCUT2D eigenvalue weighted by molar-refractivity contribution is -0.123. The number of thiophene rings is 1. The summed E-state index contributed by atoms with van der Waals surface area (Å²) in [6, 6.07) is 11.2. The van der Waals surface area contributed by atoms with Crippen LogP contribution in [0.25, 0.3) is 0 Å². The maximum absolute atomic E-state index is 11.9. The third-order valence-corrected chi connectivity index (χ3v) is 4.91. The van der Waals surface area contributed by atoms with E-state index in [2.05, 4.69) is 15.5 Å². The van der Waals surface area contributed by atoms with Gasteiger partial charge in [0.1, 0.15) is 10.9 Å². The first kappa shape index (κ1) is 18.4. The number of benzene rings is 1. The number of rotatable bonds is 7. The lowest BCUT2D eigenvalue weighted by Gasteiger charge is -2.11. The van der Waals surface area contributed by atoms with Gasteiger partial charge in [-0.2, -0.15) is 5.10 Å². The van der Waals surface area contributed by atoms with Gasteiger partial charge >= 0.3 is 0 Å². The lowest BCUT2D eigenvalue weighted by Crippen LogP contribution is -2.24. The third kappa shape index (κ3) is 4.85. The molecule has 6 nitrogen and oxygen atoms in total. The van der Waals surface area contributed by atoms with Crippen LogP contribution in [0.3, 0.4) is 0 Å². The number of amides is 1. The van der Waals surface area contributed by atoms with Gasteiger partial charge in [-0.3, -0.25) is 4.79 Å². The van der Waals surface area contributed by atoms with Crippen LogP contribution in [0.5, 0.6) is 5.75 Å². The van der Waals surface area contributed by atoms with E-state index in [4.69, 9.17) is 27.9 Å². The Balaban J connectivity index is 1.58. The summed E-state index contributed by atoms with van der Waals surface area (Å²) in [7, 11) is 0. The number of aromatic nitrogens is 2. The summed E-state index contributed by atoms with van der Waals surface area (Å²) in [5.41, 5.74) is 3.28. The highest BCUT2D eigenvalue weighted by molar-refractivity contribution is 7.11. The Morgan fingerprint density at radius 1 is 1.31 bits per heavy atom. The van der Waals surface area contributed by atoms with Crippen molar-refractivity contribution in [1.29, 1.82) is 0 Å². The highest BCUT2D eigenvalue weighted by Gasteiger charge is 2.10. The van der Waals surface area contributed by atoms with Crippen LogP contribution in [0.1, 0.15) is 10.4 Å². The van der Waals surface area contributed by atoms with Crippen LogP contribution in [0.15, 0.2) is 53.2 Å². The number of nitrogens with zero attached hydrogens (tertiary/aromatic N) is 3. The molecule has 0 saturated carbocycles. The quantitative estimate of drug-likeness (QED) is 0.477. The largest absolute Gasteiger partial charge is 0.483 e.